The van der Waals surface area contributed by atoms with Gasteiger partial charge < -0.3 is 10.2 Å². The van der Waals surface area contributed by atoms with E-state index in [9.17, 15) is 13.2 Å². The number of rotatable bonds is 5. The van der Waals surface area contributed by atoms with Gasteiger partial charge in [0.15, 0.2) is 5.82 Å². The minimum absolute atomic E-state index is 0.160. The van der Waals surface area contributed by atoms with Crippen LogP contribution in [-0.4, -0.2) is 29.9 Å². The number of aryl methyl sites for hydroxylation is 1. The molecule has 0 unspecified atom stereocenters. The number of aliphatic imine (C=N–C) groups is 1. The Bertz CT molecular complexity index is 2140. The smallest absolute Gasteiger partial charge is 0.291 e. The van der Waals surface area contributed by atoms with E-state index in [-0.39, 0.29) is 21.5 Å². The van der Waals surface area contributed by atoms with Crippen LogP contribution in [0.15, 0.2) is 106 Å². The molecule has 1 aromatic heterocycles. The zero-order valence-electron chi connectivity index (χ0n) is 24.5. The molecule has 0 aliphatic carbocycles. The van der Waals surface area contributed by atoms with Crippen molar-refractivity contribution in [1.82, 2.24) is 9.78 Å². The van der Waals surface area contributed by atoms with Crippen LogP contribution < -0.4 is 10.2 Å². The Hall–Kier alpha value is -4.44. The van der Waals surface area contributed by atoms with E-state index in [0.717, 1.165) is 22.4 Å². The summed E-state index contributed by atoms with van der Waals surface area (Å²) < 4.78 is 28.5. The third-order valence-corrected chi connectivity index (χ3v) is 10.5. The van der Waals surface area contributed by atoms with Crippen molar-refractivity contribution in [3.63, 3.8) is 0 Å². The number of hydrogen-bond acceptors (Lipinski definition) is 6. The average molecular weight is 657 g/mol. The van der Waals surface area contributed by atoms with Gasteiger partial charge in [-0.25, -0.2) is 18.1 Å². The van der Waals surface area contributed by atoms with E-state index in [1.807, 2.05) is 54.3 Å². The van der Waals surface area contributed by atoms with Gasteiger partial charge in [-0.1, -0.05) is 67.4 Å². The molecule has 1 atom stereocenters. The van der Waals surface area contributed by atoms with Gasteiger partial charge in [0.05, 0.1) is 38.6 Å². The summed E-state index contributed by atoms with van der Waals surface area (Å²) >= 11 is 13.1. The number of carbonyl (C=O) groups is 1. The number of carbonyl (C=O) groups excluding carboxylic acids is 1. The van der Waals surface area contributed by atoms with Crippen LogP contribution >= 0.6 is 23.2 Å². The fourth-order valence-corrected chi connectivity index (χ4v) is 7.65. The van der Waals surface area contributed by atoms with Gasteiger partial charge in [0.2, 0.25) is 15.7 Å². The lowest BCUT2D eigenvalue weighted by Gasteiger charge is -2.40. The predicted molar refractivity (Wildman–Crippen MR) is 177 cm³/mol. The lowest BCUT2D eigenvalue weighted by Crippen LogP contribution is -2.48. The van der Waals surface area contributed by atoms with E-state index in [0.29, 0.717) is 38.8 Å². The second-order valence-electron chi connectivity index (χ2n) is 11.3. The Kier molecular flexibility index (Phi) is 7.07. The molecule has 1 N–H and O–H groups in total. The van der Waals surface area contributed by atoms with Crippen molar-refractivity contribution in [3.8, 4) is 5.69 Å². The van der Waals surface area contributed by atoms with E-state index in [1.54, 1.807) is 53.2 Å². The molecule has 8 nitrogen and oxygen atoms in total. The molecule has 0 radical (unpaired) electrons. The van der Waals surface area contributed by atoms with Gasteiger partial charge in [-0.15, -0.1) is 0 Å². The van der Waals surface area contributed by atoms with E-state index < -0.39 is 15.9 Å². The average Bonchev–Trinajstić information content (AvgIpc) is 3.36. The van der Waals surface area contributed by atoms with Crippen molar-refractivity contribution >= 4 is 62.0 Å². The van der Waals surface area contributed by atoms with Crippen LogP contribution in [0.3, 0.4) is 0 Å². The van der Waals surface area contributed by atoms with Crippen LogP contribution in [0, 0.1) is 6.92 Å². The van der Waals surface area contributed by atoms with Gasteiger partial charge in [0.25, 0.3) is 5.91 Å². The summed E-state index contributed by atoms with van der Waals surface area (Å²) in [7, 11) is -3.74. The highest BCUT2D eigenvalue weighted by molar-refractivity contribution is 7.91. The van der Waals surface area contributed by atoms with Gasteiger partial charge in [-0.3, -0.25) is 4.79 Å². The number of hydrogen-bond donors (Lipinski definition) is 1. The molecule has 3 heterocycles. The second kappa shape index (κ2) is 10.9. The summed E-state index contributed by atoms with van der Waals surface area (Å²) in [4.78, 5) is 20.6. The zero-order valence-corrected chi connectivity index (χ0v) is 26.8. The highest BCUT2D eigenvalue weighted by Gasteiger charge is 2.43. The minimum Gasteiger partial charge on any atom is -0.317 e. The number of amides is 1. The van der Waals surface area contributed by atoms with Gasteiger partial charge in [-0.05, 0) is 84.6 Å². The molecule has 5 aromatic rings. The van der Waals surface area contributed by atoms with Crippen LogP contribution in [0.1, 0.15) is 48.2 Å². The molecule has 1 amide bonds. The monoisotopic (exact) mass is 655 g/mol. The Morgan fingerprint density at radius 3 is 2.22 bits per heavy atom. The highest BCUT2D eigenvalue weighted by atomic mass is 35.5. The number of sulfone groups is 1. The summed E-state index contributed by atoms with van der Waals surface area (Å²) in [5.41, 5.74) is 5.23. The maximum absolute atomic E-state index is 13.5. The first-order chi connectivity index (χ1) is 21.5. The molecular formula is C34H27Cl2N5O3S. The number of fused-ring (bicyclic) bond motifs is 4. The lowest BCUT2D eigenvalue weighted by atomic mass is 9.93. The summed E-state index contributed by atoms with van der Waals surface area (Å²) in [6.07, 6.45) is 0. The minimum atomic E-state index is -3.74. The molecule has 11 heteroatoms. The van der Waals surface area contributed by atoms with E-state index in [4.69, 9.17) is 33.3 Å². The van der Waals surface area contributed by atoms with Crippen molar-refractivity contribution in [2.45, 2.75) is 42.5 Å². The van der Waals surface area contributed by atoms with Crippen molar-refractivity contribution in [3.05, 3.63) is 123 Å². The Morgan fingerprint density at radius 1 is 0.889 bits per heavy atom. The maximum atomic E-state index is 13.5. The number of amidine groups is 1. The number of halogens is 2. The fourth-order valence-electron chi connectivity index (χ4n) is 5.87. The van der Waals surface area contributed by atoms with Crippen molar-refractivity contribution in [1.29, 1.82) is 0 Å². The van der Waals surface area contributed by atoms with Gasteiger partial charge in [-0.2, -0.15) is 5.10 Å². The summed E-state index contributed by atoms with van der Waals surface area (Å²) in [6, 6.07) is 25.7. The number of nitrogens with zero attached hydrogens (tertiary/aromatic N) is 4. The maximum Gasteiger partial charge on any atom is 0.291 e. The zero-order chi connectivity index (χ0) is 31.6. The van der Waals surface area contributed by atoms with Crippen molar-refractivity contribution < 1.29 is 13.2 Å². The first-order valence-corrected chi connectivity index (χ1v) is 16.6. The molecule has 2 aliphatic rings. The predicted octanol–water partition coefficient (Wildman–Crippen LogP) is 8.04. The molecule has 0 bridgehead atoms. The normalized spacial score (nSPS) is 15.7. The second-order valence-corrected chi connectivity index (χ2v) is 14.1. The number of nitrogens with one attached hydrogen (secondary N) is 1. The Labute approximate surface area is 270 Å². The topological polar surface area (TPSA) is 96.7 Å². The van der Waals surface area contributed by atoms with E-state index in [1.165, 1.54) is 0 Å². The molecule has 0 saturated carbocycles. The van der Waals surface area contributed by atoms with Crippen LogP contribution in [-0.2, 0) is 14.6 Å². The standard InChI is InChI=1S/C34H27Cl2N5O3S/c1-19(2)21-8-13-24(14-9-21)45(43,44)25-15-11-23(12-16-25)41-32-30(20(3)39-41)31(26-17-10-22(35)18-27(26)36)40-29-7-5-4-6-28(29)37-34(42)33(40)38-32/h4-19,31H,1-3H3,(H,37,42)/t31-/m1/s1. The van der Waals surface area contributed by atoms with Crippen LogP contribution in [0.4, 0.5) is 17.2 Å². The van der Waals surface area contributed by atoms with Gasteiger partial charge >= 0.3 is 0 Å². The fraction of sp³-hybridized carbons (Fsp3) is 0.147. The van der Waals surface area contributed by atoms with Crippen molar-refractivity contribution in [2.24, 2.45) is 4.99 Å². The third-order valence-electron chi connectivity index (χ3n) is 8.17. The molecule has 0 spiro atoms. The third kappa shape index (κ3) is 4.82. The molecule has 226 valence electrons. The largest absolute Gasteiger partial charge is 0.317 e. The van der Waals surface area contributed by atoms with Gasteiger partial charge in [0, 0.05) is 15.6 Å². The molecule has 2 aliphatic heterocycles. The van der Waals surface area contributed by atoms with Gasteiger partial charge in [0.1, 0.15) is 0 Å². The quantitative estimate of drug-likeness (QED) is 0.207. The van der Waals surface area contributed by atoms with E-state index in [2.05, 4.69) is 19.2 Å². The van der Waals surface area contributed by atoms with Crippen LogP contribution in [0.5, 0.6) is 0 Å². The number of anilines is 2. The SMILES string of the molecule is Cc1nn(-c2ccc(S(=O)(=O)c3ccc(C(C)C)cc3)cc2)c2c1[C@@H](c1ccc(Cl)cc1Cl)N1C(=N2)C(=O)Nc2ccccc21. The number of aromatic nitrogens is 2. The summed E-state index contributed by atoms with van der Waals surface area (Å²) in [5, 5.41) is 8.70. The number of benzene rings is 4. The Balaban J connectivity index is 1.36. The summed E-state index contributed by atoms with van der Waals surface area (Å²) in [6.45, 7) is 6.00. The molecule has 7 rings (SSSR count). The van der Waals surface area contributed by atoms with E-state index >= 15 is 0 Å². The Morgan fingerprint density at radius 2 is 1.56 bits per heavy atom. The number of para-hydroxylation sites is 2. The van der Waals surface area contributed by atoms with Crippen LogP contribution in [0.25, 0.3) is 5.69 Å². The molecule has 4 aromatic carbocycles. The van der Waals surface area contributed by atoms with Crippen LogP contribution in [0.2, 0.25) is 10.0 Å². The first kappa shape index (κ1) is 29.3. The lowest BCUT2D eigenvalue weighted by molar-refractivity contribution is -0.110. The molecular weight excluding hydrogens is 629 g/mol. The first-order valence-electron chi connectivity index (χ1n) is 14.3. The highest BCUT2D eigenvalue weighted by Crippen LogP contribution is 2.49. The molecule has 0 fully saturated rings. The summed E-state index contributed by atoms with van der Waals surface area (Å²) in [5.74, 6) is 0.557. The molecule has 0 saturated heterocycles. The molecule has 45 heavy (non-hydrogen) atoms. The van der Waals surface area contributed by atoms with Crippen molar-refractivity contribution in [2.75, 3.05) is 10.2 Å².